The number of nitrogens with two attached hydrogens (primary N) is 1. The number of aromatic carboxylic acids is 1. The molecule has 2 rings (SSSR count). The molecule has 0 unspecified atom stereocenters. The van der Waals surface area contributed by atoms with Crippen molar-refractivity contribution in [1.82, 2.24) is 4.90 Å². The van der Waals surface area contributed by atoms with Crippen molar-refractivity contribution in [3.63, 3.8) is 0 Å². The Morgan fingerprint density at radius 1 is 1.38 bits per heavy atom. The minimum absolute atomic E-state index is 0.374. The molecule has 1 aliphatic rings. The lowest BCUT2D eigenvalue weighted by Crippen LogP contribution is -2.20. The van der Waals surface area contributed by atoms with Crippen LogP contribution in [0.1, 0.15) is 27.9 Å². The maximum Gasteiger partial charge on any atom is 0.335 e. The Hall–Kier alpha value is -1.39. The van der Waals surface area contributed by atoms with Crippen molar-refractivity contribution in [1.29, 1.82) is 0 Å². The second-order valence-electron chi connectivity index (χ2n) is 4.14. The second-order valence-corrected chi connectivity index (χ2v) is 4.14. The highest BCUT2D eigenvalue weighted by Gasteiger charge is 2.19. The van der Waals surface area contributed by atoms with Gasteiger partial charge >= 0.3 is 5.97 Å². The average molecular weight is 220 g/mol. The number of rotatable bonds is 4. The molecular formula is C12H16N2O2. The summed E-state index contributed by atoms with van der Waals surface area (Å²) in [4.78, 5) is 13.1. The van der Waals surface area contributed by atoms with Crippen molar-refractivity contribution >= 4 is 5.97 Å². The van der Waals surface area contributed by atoms with Gasteiger partial charge in [0.15, 0.2) is 0 Å². The van der Waals surface area contributed by atoms with Crippen LogP contribution in [0.25, 0.3) is 0 Å². The molecule has 0 spiro atoms. The van der Waals surface area contributed by atoms with E-state index < -0.39 is 5.97 Å². The highest BCUT2D eigenvalue weighted by Crippen LogP contribution is 2.23. The summed E-state index contributed by atoms with van der Waals surface area (Å²) in [6.07, 6.45) is 0.986. The number of carbonyl (C=O) groups is 1. The predicted molar refractivity (Wildman–Crippen MR) is 61.2 cm³/mol. The Morgan fingerprint density at radius 3 is 2.81 bits per heavy atom. The Morgan fingerprint density at radius 2 is 2.12 bits per heavy atom. The van der Waals surface area contributed by atoms with E-state index in [1.807, 2.05) is 6.07 Å². The fraction of sp³-hybridized carbons (Fsp3) is 0.417. The summed E-state index contributed by atoms with van der Waals surface area (Å²) in [5.41, 5.74) is 8.22. The zero-order valence-corrected chi connectivity index (χ0v) is 9.15. The first-order chi connectivity index (χ1) is 7.70. The summed E-state index contributed by atoms with van der Waals surface area (Å²) < 4.78 is 0. The van der Waals surface area contributed by atoms with Gasteiger partial charge in [-0.05, 0) is 36.2 Å². The van der Waals surface area contributed by atoms with Crippen LogP contribution in [0.5, 0.6) is 0 Å². The molecular weight excluding hydrogens is 204 g/mol. The molecule has 86 valence electrons. The topological polar surface area (TPSA) is 66.6 Å². The quantitative estimate of drug-likeness (QED) is 0.796. The van der Waals surface area contributed by atoms with E-state index in [0.29, 0.717) is 12.1 Å². The molecule has 0 bridgehead atoms. The van der Waals surface area contributed by atoms with Crippen LogP contribution in [0, 0.1) is 0 Å². The first-order valence-electron chi connectivity index (χ1n) is 5.48. The van der Waals surface area contributed by atoms with Crippen molar-refractivity contribution in [3.05, 3.63) is 34.9 Å². The van der Waals surface area contributed by atoms with Gasteiger partial charge in [-0.2, -0.15) is 0 Å². The molecule has 4 nitrogen and oxygen atoms in total. The lowest BCUT2D eigenvalue weighted by Gasteiger charge is -2.13. The van der Waals surface area contributed by atoms with Gasteiger partial charge in [0.05, 0.1) is 5.56 Å². The lowest BCUT2D eigenvalue weighted by atomic mass is 10.1. The zero-order chi connectivity index (χ0) is 11.5. The molecule has 0 fully saturated rings. The monoisotopic (exact) mass is 220 g/mol. The van der Waals surface area contributed by atoms with Gasteiger partial charge in [-0.1, -0.05) is 6.07 Å². The fourth-order valence-electron chi connectivity index (χ4n) is 2.07. The van der Waals surface area contributed by atoms with E-state index in [9.17, 15) is 4.79 Å². The molecule has 1 heterocycles. The van der Waals surface area contributed by atoms with Crippen molar-refractivity contribution < 1.29 is 9.90 Å². The second kappa shape index (κ2) is 4.63. The van der Waals surface area contributed by atoms with Crippen LogP contribution in [-0.2, 0) is 13.1 Å². The van der Waals surface area contributed by atoms with Crippen LogP contribution in [0.2, 0.25) is 0 Å². The minimum atomic E-state index is -0.858. The van der Waals surface area contributed by atoms with Crippen LogP contribution in [0.4, 0.5) is 0 Å². The van der Waals surface area contributed by atoms with E-state index in [1.54, 1.807) is 12.1 Å². The van der Waals surface area contributed by atoms with E-state index >= 15 is 0 Å². The number of hydrogen-bond donors (Lipinski definition) is 2. The normalized spacial score (nSPS) is 15.1. The number of carboxylic acids is 1. The molecule has 3 N–H and O–H groups in total. The predicted octanol–water partition coefficient (Wildman–Crippen LogP) is 1.05. The standard InChI is InChI=1S/C12H16N2O2/c13-4-1-5-14-7-10-3-2-9(12(15)16)6-11(10)8-14/h2-3,6H,1,4-5,7-8,13H2,(H,15,16). The number of carboxylic acid groups (broad SMARTS) is 1. The summed E-state index contributed by atoms with van der Waals surface area (Å²) in [7, 11) is 0. The fourth-order valence-corrected chi connectivity index (χ4v) is 2.07. The van der Waals surface area contributed by atoms with E-state index in [-0.39, 0.29) is 0 Å². The van der Waals surface area contributed by atoms with Crippen LogP contribution in [0.3, 0.4) is 0 Å². The first-order valence-corrected chi connectivity index (χ1v) is 5.48. The Bertz CT molecular complexity index is 404. The first kappa shape index (κ1) is 11.1. The number of fused-ring (bicyclic) bond motifs is 1. The Labute approximate surface area is 94.7 Å². The third-order valence-corrected chi connectivity index (χ3v) is 2.92. The maximum atomic E-state index is 10.8. The third kappa shape index (κ3) is 2.23. The molecule has 4 heteroatoms. The molecule has 0 aliphatic carbocycles. The van der Waals surface area contributed by atoms with Crippen LogP contribution < -0.4 is 5.73 Å². The molecule has 1 aromatic rings. The van der Waals surface area contributed by atoms with E-state index in [0.717, 1.165) is 31.6 Å². The van der Waals surface area contributed by atoms with E-state index in [2.05, 4.69) is 4.90 Å². The van der Waals surface area contributed by atoms with E-state index in [1.165, 1.54) is 5.56 Å². The van der Waals surface area contributed by atoms with Crippen molar-refractivity contribution in [2.45, 2.75) is 19.5 Å². The SMILES string of the molecule is NCCCN1Cc2ccc(C(=O)O)cc2C1. The highest BCUT2D eigenvalue weighted by molar-refractivity contribution is 5.87. The third-order valence-electron chi connectivity index (χ3n) is 2.92. The van der Waals surface area contributed by atoms with Crippen LogP contribution in [-0.4, -0.2) is 29.1 Å². The number of nitrogens with zero attached hydrogens (tertiary/aromatic N) is 1. The summed E-state index contributed by atoms with van der Waals surface area (Å²) >= 11 is 0. The molecule has 0 atom stereocenters. The minimum Gasteiger partial charge on any atom is -0.478 e. The molecule has 0 amide bonds. The molecule has 0 saturated heterocycles. The lowest BCUT2D eigenvalue weighted by molar-refractivity contribution is 0.0697. The highest BCUT2D eigenvalue weighted by atomic mass is 16.4. The molecule has 1 aliphatic heterocycles. The van der Waals surface area contributed by atoms with Gasteiger partial charge in [-0.25, -0.2) is 4.79 Å². The maximum absolute atomic E-state index is 10.8. The summed E-state index contributed by atoms with van der Waals surface area (Å²) in [5.74, 6) is -0.858. The van der Waals surface area contributed by atoms with Gasteiger partial charge < -0.3 is 10.8 Å². The van der Waals surface area contributed by atoms with Crippen molar-refractivity contribution in [2.75, 3.05) is 13.1 Å². The van der Waals surface area contributed by atoms with Crippen molar-refractivity contribution in [2.24, 2.45) is 5.73 Å². The van der Waals surface area contributed by atoms with Crippen LogP contribution in [0.15, 0.2) is 18.2 Å². The molecule has 16 heavy (non-hydrogen) atoms. The van der Waals surface area contributed by atoms with Gasteiger partial charge in [-0.15, -0.1) is 0 Å². The number of benzene rings is 1. The smallest absolute Gasteiger partial charge is 0.335 e. The molecule has 1 aromatic carbocycles. The van der Waals surface area contributed by atoms with Gasteiger partial charge in [-0.3, -0.25) is 4.90 Å². The average Bonchev–Trinajstić information content (AvgIpc) is 2.67. The molecule has 0 saturated carbocycles. The summed E-state index contributed by atoms with van der Waals surface area (Å²) in [5, 5.41) is 8.89. The van der Waals surface area contributed by atoms with Gasteiger partial charge in [0, 0.05) is 19.6 Å². The largest absolute Gasteiger partial charge is 0.478 e. The number of hydrogen-bond acceptors (Lipinski definition) is 3. The molecule has 0 radical (unpaired) electrons. The van der Waals surface area contributed by atoms with Gasteiger partial charge in [0.2, 0.25) is 0 Å². The Balaban J connectivity index is 2.09. The molecule has 0 aromatic heterocycles. The summed E-state index contributed by atoms with van der Waals surface area (Å²) in [6, 6.07) is 5.37. The Kier molecular flexibility index (Phi) is 3.22. The van der Waals surface area contributed by atoms with Gasteiger partial charge in [0.25, 0.3) is 0 Å². The summed E-state index contributed by atoms with van der Waals surface area (Å²) in [6.45, 7) is 3.44. The van der Waals surface area contributed by atoms with E-state index in [4.69, 9.17) is 10.8 Å². The van der Waals surface area contributed by atoms with Crippen LogP contribution >= 0.6 is 0 Å². The van der Waals surface area contributed by atoms with Gasteiger partial charge in [0.1, 0.15) is 0 Å². The zero-order valence-electron chi connectivity index (χ0n) is 9.15. The van der Waals surface area contributed by atoms with Crippen molar-refractivity contribution in [3.8, 4) is 0 Å².